The summed E-state index contributed by atoms with van der Waals surface area (Å²) in [7, 11) is 0. The Morgan fingerprint density at radius 3 is 2.46 bits per heavy atom. The number of hydrogen-bond donors (Lipinski definition) is 5. The zero-order valence-corrected chi connectivity index (χ0v) is 39.7. The van der Waals surface area contributed by atoms with E-state index in [9.17, 15) is 39.3 Å². The Kier molecular flexibility index (Phi) is 11.1. The number of aryl methyl sites for hydroxylation is 1. The van der Waals surface area contributed by atoms with Crippen LogP contribution in [0.25, 0.3) is 39.4 Å². The number of phenolic OH excluding ortho intramolecular Hbond substituents is 2. The van der Waals surface area contributed by atoms with Crippen molar-refractivity contribution in [3.63, 3.8) is 0 Å². The molecule has 0 saturated carbocycles. The molecule has 5 aliphatic rings. The molecule has 0 bridgehead atoms. The van der Waals surface area contributed by atoms with Crippen molar-refractivity contribution in [3.05, 3.63) is 120 Å². The third-order valence-electron chi connectivity index (χ3n) is 15.3. The summed E-state index contributed by atoms with van der Waals surface area (Å²) in [6.45, 7) is 10.4. The number of halogens is 1. The summed E-state index contributed by atoms with van der Waals surface area (Å²) >= 11 is 0. The number of phenols is 2. The van der Waals surface area contributed by atoms with Gasteiger partial charge in [-0.3, -0.25) is 9.59 Å². The fourth-order valence-corrected chi connectivity index (χ4v) is 11.3. The van der Waals surface area contributed by atoms with E-state index in [-0.39, 0.29) is 77.4 Å². The molecule has 0 unspecified atom stereocenters. The fourth-order valence-electron chi connectivity index (χ4n) is 11.3. The number of piperidine rings is 1. The molecular weight excluding hydrogens is 916 g/mol. The number of aromatic nitrogens is 5. The summed E-state index contributed by atoms with van der Waals surface area (Å²) in [5.74, 6) is -1.26. The lowest BCUT2D eigenvalue weighted by Crippen LogP contribution is -2.54. The van der Waals surface area contributed by atoms with Crippen LogP contribution in [0.5, 0.6) is 11.5 Å². The molecular formula is C52H53FN8O10. The minimum absolute atomic E-state index is 0.00654. The summed E-state index contributed by atoms with van der Waals surface area (Å²) in [5, 5.41) is 42.9. The molecule has 0 spiro atoms. The van der Waals surface area contributed by atoms with Gasteiger partial charge in [-0.1, -0.05) is 20.8 Å². The second kappa shape index (κ2) is 17.2. The number of nitrogens with one attached hydrogen (secondary N) is 2. The Labute approximate surface area is 405 Å². The van der Waals surface area contributed by atoms with Gasteiger partial charge >= 0.3 is 17.8 Å². The number of likely N-dealkylation sites (tertiary alicyclic amines) is 2. The van der Waals surface area contributed by atoms with Crippen molar-refractivity contribution in [2.45, 2.75) is 96.6 Å². The van der Waals surface area contributed by atoms with Gasteiger partial charge in [-0.15, -0.1) is 0 Å². The number of alkyl carbamates (subject to hydrolysis) is 1. The molecule has 4 aliphatic heterocycles. The van der Waals surface area contributed by atoms with E-state index in [0.717, 1.165) is 23.1 Å². The predicted molar refractivity (Wildman–Crippen MR) is 256 cm³/mol. The van der Waals surface area contributed by atoms with Gasteiger partial charge in [0.2, 0.25) is 0 Å². The molecule has 2 amide bonds. The molecule has 1 aliphatic carbocycles. The number of H-pyrrole nitrogens is 1. The second-order valence-electron chi connectivity index (χ2n) is 19.8. The molecule has 3 aromatic heterocycles. The Bertz CT molecular complexity index is 3350. The molecule has 3 aromatic carbocycles. The zero-order chi connectivity index (χ0) is 49.8. The third-order valence-corrected chi connectivity index (χ3v) is 15.3. The van der Waals surface area contributed by atoms with Crippen LogP contribution in [0.2, 0.25) is 0 Å². The molecule has 2 saturated heterocycles. The lowest BCUT2D eigenvalue weighted by Gasteiger charge is -2.43. The predicted octanol–water partition coefficient (Wildman–Crippen LogP) is 5.55. The fraction of sp³-hybridized carbons (Fsp3) is 0.404. The highest BCUT2D eigenvalue weighted by Gasteiger charge is 2.46. The van der Waals surface area contributed by atoms with Gasteiger partial charge in [-0.25, -0.2) is 33.4 Å². The van der Waals surface area contributed by atoms with Gasteiger partial charge in [0.15, 0.2) is 11.4 Å². The maximum atomic E-state index is 15.4. The van der Waals surface area contributed by atoms with Crippen molar-refractivity contribution in [3.8, 4) is 40.0 Å². The standard InChI is InChI=1S/C52H53FN8O10/c1-5-52(69)36-17-40-45-34(23-60(40)48(65)35(36)24-70-49(52)66)44-38(11-10-31-26(4)37(53)18-39(54-45)43(31)44)55-51(68)71-30-12-14-58(15-13-30)20-27-21-59(22-27)47(64)28-6-8-29(9-7-28)61-46(56-57-50(61)67)33-16-32(25(2)3)41(62)19-42(33)63/h6-9,16-19,25,27,30,38,62-63,69H,5,10-15,20-24H2,1-4H3,(H,55,68)(H,57,67)/t38-,52-/m0/s1. The largest absolute Gasteiger partial charge is 0.508 e. The Balaban J connectivity index is 0.716. The number of nitrogens with zero attached hydrogens (tertiary/aromatic N) is 6. The Morgan fingerprint density at radius 1 is 1.00 bits per heavy atom. The number of aromatic amines is 1. The number of aliphatic hydroxyl groups is 1. The number of carbonyl (C=O) groups excluding carboxylic acids is 3. The topological polar surface area (TPSA) is 234 Å². The van der Waals surface area contributed by atoms with Crippen LogP contribution in [0, 0.1) is 18.7 Å². The first-order valence-corrected chi connectivity index (χ1v) is 24.2. The van der Waals surface area contributed by atoms with Crippen molar-refractivity contribution in [2.75, 3.05) is 32.7 Å². The van der Waals surface area contributed by atoms with Crippen molar-refractivity contribution < 1.29 is 43.6 Å². The van der Waals surface area contributed by atoms with Crippen molar-refractivity contribution >= 4 is 28.9 Å². The highest BCUT2D eigenvalue weighted by molar-refractivity contribution is 5.95. The Hall–Kier alpha value is -7.38. The van der Waals surface area contributed by atoms with Crippen LogP contribution in [0.4, 0.5) is 9.18 Å². The number of aromatic hydroxyl groups is 2. The first-order valence-electron chi connectivity index (χ1n) is 24.2. The van der Waals surface area contributed by atoms with E-state index in [2.05, 4.69) is 20.4 Å². The highest BCUT2D eigenvalue weighted by atomic mass is 19.1. The van der Waals surface area contributed by atoms with Gasteiger partial charge < -0.3 is 44.5 Å². The normalized spacial score (nSPS) is 19.8. The molecule has 71 heavy (non-hydrogen) atoms. The average Bonchev–Trinajstić information content (AvgIpc) is 3.91. The number of amides is 2. The number of esters is 1. The molecule has 7 heterocycles. The molecule has 368 valence electrons. The number of benzene rings is 3. The minimum Gasteiger partial charge on any atom is -0.508 e. The molecule has 11 rings (SSSR count). The molecule has 0 radical (unpaired) electrons. The van der Waals surface area contributed by atoms with Crippen LogP contribution in [0.1, 0.15) is 108 Å². The number of pyridine rings is 2. The van der Waals surface area contributed by atoms with Crippen molar-refractivity contribution in [1.82, 2.24) is 39.4 Å². The van der Waals surface area contributed by atoms with Gasteiger partial charge in [0.05, 0.1) is 46.3 Å². The van der Waals surface area contributed by atoms with Gasteiger partial charge in [0.25, 0.3) is 11.5 Å². The zero-order valence-electron chi connectivity index (χ0n) is 39.7. The molecule has 6 aromatic rings. The van der Waals surface area contributed by atoms with E-state index in [1.807, 2.05) is 13.8 Å². The van der Waals surface area contributed by atoms with Gasteiger partial charge in [0.1, 0.15) is 30.0 Å². The number of cyclic esters (lactones) is 1. The van der Waals surface area contributed by atoms with Crippen molar-refractivity contribution in [2.24, 2.45) is 5.92 Å². The lowest BCUT2D eigenvalue weighted by molar-refractivity contribution is -0.172. The van der Waals surface area contributed by atoms with E-state index in [0.29, 0.717) is 96.7 Å². The number of hydrogen-bond acceptors (Lipinski definition) is 13. The van der Waals surface area contributed by atoms with E-state index in [1.54, 1.807) is 59.7 Å². The number of ether oxygens (including phenoxy) is 2. The van der Waals surface area contributed by atoms with Gasteiger partial charge in [0, 0.05) is 72.9 Å². The first-order chi connectivity index (χ1) is 34.0. The molecule has 19 heteroatoms. The number of carbonyl (C=O) groups is 3. The lowest BCUT2D eigenvalue weighted by atomic mass is 9.81. The number of fused-ring (bicyclic) bond motifs is 5. The van der Waals surface area contributed by atoms with Crippen LogP contribution < -0.4 is 16.6 Å². The molecule has 18 nitrogen and oxygen atoms in total. The highest BCUT2D eigenvalue weighted by Crippen LogP contribution is 2.46. The van der Waals surface area contributed by atoms with E-state index < -0.39 is 40.8 Å². The maximum Gasteiger partial charge on any atom is 0.407 e. The summed E-state index contributed by atoms with van der Waals surface area (Å²) < 4.78 is 29.6. The second-order valence-corrected chi connectivity index (χ2v) is 19.8. The third kappa shape index (κ3) is 7.55. The summed E-state index contributed by atoms with van der Waals surface area (Å²) in [5.41, 5.74) is 3.17. The molecule has 5 N–H and O–H groups in total. The summed E-state index contributed by atoms with van der Waals surface area (Å²) in [6, 6.07) is 12.0. The van der Waals surface area contributed by atoms with Crippen LogP contribution in [0.3, 0.4) is 0 Å². The van der Waals surface area contributed by atoms with Crippen LogP contribution in [-0.4, -0.2) is 106 Å². The van der Waals surface area contributed by atoms with E-state index >= 15 is 4.39 Å². The van der Waals surface area contributed by atoms with Crippen LogP contribution in [0.15, 0.2) is 58.1 Å². The summed E-state index contributed by atoms with van der Waals surface area (Å²) in [4.78, 5) is 75.9. The van der Waals surface area contributed by atoms with Crippen molar-refractivity contribution in [1.29, 1.82) is 0 Å². The van der Waals surface area contributed by atoms with Gasteiger partial charge in [-0.05, 0) is 104 Å². The minimum atomic E-state index is -2.00. The van der Waals surface area contributed by atoms with E-state index in [1.165, 1.54) is 16.7 Å². The average molecular weight is 969 g/mol. The number of rotatable bonds is 9. The quantitative estimate of drug-likeness (QED) is 0.112. The molecule has 2 fully saturated rings. The maximum absolute atomic E-state index is 15.4. The first kappa shape index (κ1) is 46.0. The molecule has 2 atom stereocenters. The van der Waals surface area contributed by atoms with Crippen LogP contribution >= 0.6 is 0 Å². The monoisotopic (exact) mass is 968 g/mol. The summed E-state index contributed by atoms with van der Waals surface area (Å²) in [6.07, 6.45) is 1.30. The van der Waals surface area contributed by atoms with Crippen LogP contribution in [-0.2, 0) is 39.4 Å². The van der Waals surface area contributed by atoms with E-state index in [4.69, 9.17) is 14.5 Å². The Morgan fingerprint density at radius 2 is 1.75 bits per heavy atom. The van der Waals surface area contributed by atoms with Gasteiger partial charge in [-0.2, -0.15) is 5.10 Å². The smallest absolute Gasteiger partial charge is 0.407 e. The SMILES string of the molecule is CC[C@@]1(O)C(=O)OCc2c1cc1n(c2=O)Cc2c-1nc1cc(F)c(C)c3c1c2[C@@H](NC(=O)OC1CCN(CC2CN(C(=O)c4ccc(-n5c(-c6cc(C(C)C)c(O)cc6O)n[nH]c5=O)cc4)C2)CC1)CC3.